The Morgan fingerprint density at radius 3 is 2.63 bits per heavy atom. The first kappa shape index (κ1) is 13.0. The maximum atomic E-state index is 11.7. The molecule has 1 N–H and O–H groups in total. The maximum absolute atomic E-state index is 11.7. The number of benzene rings is 1. The number of nitriles is 1. The summed E-state index contributed by atoms with van der Waals surface area (Å²) < 4.78 is 4.90. The molecule has 0 aliphatic carbocycles. The molecule has 0 aliphatic heterocycles. The van der Waals surface area contributed by atoms with Gasteiger partial charge in [-0.2, -0.15) is 5.26 Å². The Bertz CT molecular complexity index is 714. The second-order valence-corrected chi connectivity index (χ2v) is 4.18. The summed E-state index contributed by atoms with van der Waals surface area (Å²) in [6.07, 6.45) is 0. The number of hydrogen-bond acceptors (Lipinski definition) is 4. The zero-order valence-corrected chi connectivity index (χ0v) is 11.0. The lowest BCUT2D eigenvalue weighted by Crippen LogP contribution is -2.06. The van der Waals surface area contributed by atoms with E-state index < -0.39 is 5.97 Å². The number of H-pyrrole nitrogens is 1. The summed E-state index contributed by atoms with van der Waals surface area (Å²) in [5.74, 6) is -0.575. The first-order valence-electron chi connectivity index (χ1n) is 5.48. The van der Waals surface area contributed by atoms with Crippen molar-refractivity contribution in [3.8, 4) is 17.3 Å². The molecule has 0 saturated heterocycles. The molecule has 0 spiro atoms. The minimum absolute atomic E-state index is 0.126. The molecule has 2 aromatic rings. The number of aromatic nitrogens is 1. The number of pyridine rings is 1. The van der Waals surface area contributed by atoms with Crippen molar-refractivity contribution in [2.24, 2.45) is 0 Å². The van der Waals surface area contributed by atoms with Crippen molar-refractivity contribution < 1.29 is 9.53 Å². The van der Waals surface area contributed by atoms with Crippen molar-refractivity contribution in [3.05, 3.63) is 52.2 Å². The Hall–Kier alpha value is -2.45. The van der Waals surface area contributed by atoms with Crippen LogP contribution in [-0.2, 0) is 4.74 Å². The molecule has 1 aromatic carbocycles. The van der Waals surface area contributed by atoms with Crippen molar-refractivity contribution in [2.45, 2.75) is 0 Å². The average molecular weight is 270 g/mol. The molecule has 1 heterocycles. The zero-order valence-electron chi connectivity index (χ0n) is 10.1. The number of carbonyl (C=O) groups excluding carboxylic acids is 1. The molecule has 2 rings (SSSR count). The normalized spacial score (nSPS) is 9.68. The Morgan fingerprint density at radius 1 is 1.37 bits per heavy atom. The molecular formula is C14H10N2O2S. The van der Waals surface area contributed by atoms with Crippen molar-refractivity contribution >= 4 is 18.2 Å². The van der Waals surface area contributed by atoms with Gasteiger partial charge in [0, 0.05) is 5.69 Å². The molecule has 19 heavy (non-hydrogen) atoms. The molecule has 4 nitrogen and oxygen atoms in total. The summed E-state index contributed by atoms with van der Waals surface area (Å²) in [5, 5.41) is 9.06. The van der Waals surface area contributed by atoms with Gasteiger partial charge in [-0.1, -0.05) is 42.5 Å². The molecule has 0 radical (unpaired) electrons. The Kier molecular flexibility index (Phi) is 3.74. The van der Waals surface area contributed by atoms with Crippen LogP contribution in [0.5, 0.6) is 0 Å². The van der Waals surface area contributed by atoms with Gasteiger partial charge < -0.3 is 9.72 Å². The van der Waals surface area contributed by atoms with Crippen LogP contribution in [0.15, 0.2) is 36.4 Å². The Morgan fingerprint density at radius 2 is 2.05 bits per heavy atom. The standard InChI is InChI=1S/C14H10N2O2S/c1-18-14(17)10-7-12(9-5-3-2-4-6-9)16-13(19)11(10)8-15/h2-7H,1H3,(H,16,19). The van der Waals surface area contributed by atoms with Gasteiger partial charge in [0.25, 0.3) is 0 Å². The van der Waals surface area contributed by atoms with Crippen molar-refractivity contribution in [2.75, 3.05) is 7.11 Å². The van der Waals surface area contributed by atoms with Crippen LogP contribution >= 0.6 is 12.2 Å². The van der Waals surface area contributed by atoms with Crippen LogP contribution in [0.3, 0.4) is 0 Å². The van der Waals surface area contributed by atoms with E-state index >= 15 is 0 Å². The molecule has 0 saturated carbocycles. The molecule has 0 unspecified atom stereocenters. The summed E-state index contributed by atoms with van der Waals surface area (Å²) in [7, 11) is 1.27. The van der Waals surface area contributed by atoms with E-state index in [1.165, 1.54) is 7.11 Å². The second kappa shape index (κ2) is 5.46. The summed E-state index contributed by atoms with van der Waals surface area (Å²) >= 11 is 5.11. The van der Waals surface area contributed by atoms with Gasteiger partial charge in [0.05, 0.1) is 12.7 Å². The molecular weight excluding hydrogens is 260 g/mol. The number of esters is 1. The lowest BCUT2D eigenvalue weighted by atomic mass is 10.1. The van der Waals surface area contributed by atoms with E-state index in [4.69, 9.17) is 17.5 Å². The average Bonchev–Trinajstić information content (AvgIpc) is 2.46. The van der Waals surface area contributed by atoms with Crippen molar-refractivity contribution in [1.29, 1.82) is 5.26 Å². The first-order valence-corrected chi connectivity index (χ1v) is 5.89. The number of methoxy groups -OCH3 is 1. The predicted octanol–water partition coefficient (Wildman–Crippen LogP) is 3.07. The zero-order chi connectivity index (χ0) is 13.8. The van der Waals surface area contributed by atoms with E-state index in [2.05, 4.69) is 9.72 Å². The number of rotatable bonds is 2. The number of ether oxygens (including phenoxy) is 1. The van der Waals surface area contributed by atoms with E-state index in [0.29, 0.717) is 5.69 Å². The van der Waals surface area contributed by atoms with Gasteiger partial charge in [-0.3, -0.25) is 0 Å². The van der Waals surface area contributed by atoms with Gasteiger partial charge in [0.1, 0.15) is 16.3 Å². The monoisotopic (exact) mass is 270 g/mol. The quantitative estimate of drug-likeness (QED) is 0.672. The third-order valence-electron chi connectivity index (χ3n) is 2.64. The van der Waals surface area contributed by atoms with Crippen molar-refractivity contribution in [1.82, 2.24) is 4.98 Å². The highest BCUT2D eigenvalue weighted by Gasteiger charge is 2.15. The number of carbonyl (C=O) groups is 1. The summed E-state index contributed by atoms with van der Waals surface area (Å²) in [6.45, 7) is 0. The van der Waals surface area contributed by atoms with Crippen LogP contribution in [0, 0.1) is 16.0 Å². The topological polar surface area (TPSA) is 65.9 Å². The maximum Gasteiger partial charge on any atom is 0.339 e. The lowest BCUT2D eigenvalue weighted by Gasteiger charge is -2.07. The fourth-order valence-corrected chi connectivity index (χ4v) is 1.98. The van der Waals surface area contributed by atoms with E-state index in [1.54, 1.807) is 6.07 Å². The van der Waals surface area contributed by atoms with Crippen molar-refractivity contribution in [3.63, 3.8) is 0 Å². The summed E-state index contributed by atoms with van der Waals surface area (Å²) in [6, 6.07) is 12.9. The highest BCUT2D eigenvalue weighted by Crippen LogP contribution is 2.21. The van der Waals surface area contributed by atoms with Gasteiger partial charge in [0.2, 0.25) is 0 Å². The molecule has 0 fully saturated rings. The van der Waals surface area contributed by atoms with Gasteiger partial charge >= 0.3 is 5.97 Å². The SMILES string of the molecule is COC(=O)c1cc(-c2ccccc2)[nH]c(=S)c1C#N. The van der Waals surface area contributed by atoms with E-state index in [-0.39, 0.29) is 15.8 Å². The number of hydrogen-bond donors (Lipinski definition) is 1. The largest absolute Gasteiger partial charge is 0.465 e. The van der Waals surface area contributed by atoms with Crippen LogP contribution in [0.25, 0.3) is 11.3 Å². The minimum atomic E-state index is -0.575. The van der Waals surface area contributed by atoms with Crippen LogP contribution in [0.2, 0.25) is 0 Å². The fraction of sp³-hybridized carbons (Fsp3) is 0.0714. The highest BCUT2D eigenvalue weighted by atomic mass is 32.1. The third-order valence-corrected chi connectivity index (χ3v) is 2.94. The highest BCUT2D eigenvalue weighted by molar-refractivity contribution is 7.71. The molecule has 5 heteroatoms. The van der Waals surface area contributed by atoms with Crippen LogP contribution in [0.4, 0.5) is 0 Å². The second-order valence-electron chi connectivity index (χ2n) is 3.77. The number of nitrogens with zero attached hydrogens (tertiary/aromatic N) is 1. The van der Waals surface area contributed by atoms with Crippen LogP contribution < -0.4 is 0 Å². The molecule has 0 amide bonds. The van der Waals surface area contributed by atoms with Gasteiger partial charge in [0.15, 0.2) is 0 Å². The predicted molar refractivity (Wildman–Crippen MR) is 73.1 cm³/mol. The smallest absolute Gasteiger partial charge is 0.339 e. The van der Waals surface area contributed by atoms with E-state index in [1.807, 2.05) is 36.4 Å². The Labute approximate surface area is 115 Å². The molecule has 0 atom stereocenters. The van der Waals surface area contributed by atoms with Gasteiger partial charge in [-0.05, 0) is 11.6 Å². The summed E-state index contributed by atoms with van der Waals surface area (Å²) in [5.41, 5.74) is 1.85. The lowest BCUT2D eigenvalue weighted by molar-refractivity contribution is 0.0600. The van der Waals surface area contributed by atoms with E-state index in [0.717, 1.165) is 5.56 Å². The van der Waals surface area contributed by atoms with Gasteiger partial charge in [-0.25, -0.2) is 4.79 Å². The van der Waals surface area contributed by atoms with E-state index in [9.17, 15) is 4.79 Å². The number of nitrogens with one attached hydrogen (secondary N) is 1. The Balaban J connectivity index is 2.68. The molecule has 1 aromatic heterocycles. The minimum Gasteiger partial charge on any atom is -0.465 e. The fourth-order valence-electron chi connectivity index (χ4n) is 1.71. The van der Waals surface area contributed by atoms with Crippen LogP contribution in [-0.4, -0.2) is 18.1 Å². The first-order chi connectivity index (χ1) is 9.17. The van der Waals surface area contributed by atoms with Gasteiger partial charge in [-0.15, -0.1) is 0 Å². The number of aromatic amines is 1. The third kappa shape index (κ3) is 2.54. The molecule has 0 aliphatic rings. The van der Waals surface area contributed by atoms with Crippen LogP contribution in [0.1, 0.15) is 15.9 Å². The molecule has 94 valence electrons. The molecule has 0 bridgehead atoms. The summed E-state index contributed by atoms with van der Waals surface area (Å²) in [4.78, 5) is 14.6.